The molecule has 2 atom stereocenters. The van der Waals surface area contributed by atoms with Gasteiger partial charge in [-0.15, -0.1) is 0 Å². The normalized spacial score (nSPS) is 16.7. The van der Waals surface area contributed by atoms with Gasteiger partial charge < -0.3 is 33.7 Å². The summed E-state index contributed by atoms with van der Waals surface area (Å²) >= 11 is 5.91. The highest BCUT2D eigenvalue weighted by molar-refractivity contribution is 6.30. The number of aliphatic hydroxyl groups excluding tert-OH is 1. The standard InChI is InChI=1S/C28H39ClN2O7/c1-19(2)14-31(28(33)20-12-25(34-3)27(36-5)26(13-20)35-4)17-24-16-30(10-11-37-24)15-22(32)18-38-23-8-6-21(29)7-9-23/h6-9,12-13,19,22,24,32H,10-11,14-18H2,1-5H3/t22-,24+/m1/s1. The molecule has 3 rings (SSSR count). The van der Waals surface area contributed by atoms with Crippen LogP contribution in [0.4, 0.5) is 0 Å². The Balaban J connectivity index is 1.63. The molecule has 0 saturated carbocycles. The van der Waals surface area contributed by atoms with E-state index in [1.54, 1.807) is 41.3 Å². The fraction of sp³-hybridized carbons (Fsp3) is 0.536. The zero-order valence-corrected chi connectivity index (χ0v) is 23.6. The number of amides is 1. The maximum atomic E-state index is 13.6. The number of benzene rings is 2. The Morgan fingerprint density at radius 2 is 1.79 bits per heavy atom. The molecule has 9 nitrogen and oxygen atoms in total. The predicted octanol–water partition coefficient (Wildman–Crippen LogP) is 3.60. The van der Waals surface area contributed by atoms with Crippen molar-refractivity contribution in [2.45, 2.75) is 26.1 Å². The van der Waals surface area contributed by atoms with Gasteiger partial charge in [0.1, 0.15) is 18.5 Å². The van der Waals surface area contributed by atoms with Crippen molar-refractivity contribution in [2.24, 2.45) is 5.92 Å². The fourth-order valence-electron chi connectivity index (χ4n) is 4.44. The molecule has 1 fully saturated rings. The Morgan fingerprint density at radius 3 is 2.37 bits per heavy atom. The minimum atomic E-state index is -0.669. The first-order valence-electron chi connectivity index (χ1n) is 12.7. The van der Waals surface area contributed by atoms with Crippen LogP contribution >= 0.6 is 11.6 Å². The first kappa shape index (κ1) is 29.8. The van der Waals surface area contributed by atoms with Crippen LogP contribution in [0.3, 0.4) is 0 Å². The number of rotatable bonds is 13. The first-order valence-corrected chi connectivity index (χ1v) is 13.1. The monoisotopic (exact) mass is 550 g/mol. The van der Waals surface area contributed by atoms with E-state index in [1.807, 2.05) is 0 Å². The van der Waals surface area contributed by atoms with Gasteiger partial charge in [-0.05, 0) is 42.3 Å². The third kappa shape index (κ3) is 8.39. The second-order valence-corrected chi connectivity index (χ2v) is 10.1. The van der Waals surface area contributed by atoms with Gasteiger partial charge in [-0.3, -0.25) is 9.69 Å². The van der Waals surface area contributed by atoms with Gasteiger partial charge in [-0.2, -0.15) is 0 Å². The van der Waals surface area contributed by atoms with Gasteiger partial charge in [0.25, 0.3) is 5.91 Å². The van der Waals surface area contributed by atoms with Crippen molar-refractivity contribution in [3.63, 3.8) is 0 Å². The molecule has 0 aromatic heterocycles. The zero-order valence-electron chi connectivity index (χ0n) is 22.8. The summed E-state index contributed by atoms with van der Waals surface area (Å²) in [6.45, 7) is 7.54. The van der Waals surface area contributed by atoms with Gasteiger partial charge in [0.05, 0.1) is 34.0 Å². The lowest BCUT2D eigenvalue weighted by atomic mass is 10.1. The quantitative estimate of drug-likeness (QED) is 0.405. The summed E-state index contributed by atoms with van der Waals surface area (Å²) in [6, 6.07) is 10.4. The summed E-state index contributed by atoms with van der Waals surface area (Å²) in [5.41, 5.74) is 0.447. The number of aliphatic hydroxyl groups is 1. The van der Waals surface area contributed by atoms with E-state index in [4.69, 9.17) is 35.3 Å². The minimum absolute atomic E-state index is 0.143. The molecule has 0 radical (unpaired) electrons. The highest BCUT2D eigenvalue weighted by Crippen LogP contribution is 2.38. The first-order chi connectivity index (χ1) is 18.2. The number of carbonyl (C=O) groups excluding carboxylic acids is 1. The summed E-state index contributed by atoms with van der Waals surface area (Å²) in [7, 11) is 4.58. The summed E-state index contributed by atoms with van der Waals surface area (Å²) in [5, 5.41) is 11.2. The van der Waals surface area contributed by atoms with Crippen molar-refractivity contribution >= 4 is 17.5 Å². The van der Waals surface area contributed by atoms with Crippen molar-refractivity contribution in [3.8, 4) is 23.0 Å². The molecule has 0 bridgehead atoms. The van der Waals surface area contributed by atoms with E-state index in [0.29, 0.717) is 72.9 Å². The van der Waals surface area contributed by atoms with Crippen molar-refractivity contribution < 1.29 is 33.6 Å². The highest BCUT2D eigenvalue weighted by atomic mass is 35.5. The molecule has 0 spiro atoms. The molecule has 1 heterocycles. The SMILES string of the molecule is COc1cc(C(=O)N(CC(C)C)C[C@@H]2CN(C[C@@H](O)COc3ccc(Cl)cc3)CCO2)cc(OC)c1OC. The molecule has 0 unspecified atom stereocenters. The van der Waals surface area contributed by atoms with E-state index in [0.717, 1.165) is 0 Å². The van der Waals surface area contributed by atoms with Crippen molar-refractivity contribution in [1.82, 2.24) is 9.80 Å². The Bertz CT molecular complexity index is 1010. The fourth-order valence-corrected chi connectivity index (χ4v) is 4.57. The summed E-state index contributed by atoms with van der Waals surface area (Å²) in [4.78, 5) is 17.6. The van der Waals surface area contributed by atoms with E-state index < -0.39 is 6.10 Å². The number of halogens is 1. The second kappa shape index (κ2) is 14.4. The molecule has 0 aliphatic carbocycles. The zero-order chi connectivity index (χ0) is 27.7. The number of β-amino-alcohol motifs (C(OH)–C–C–N with tert-alkyl or cyclic N) is 1. The average molecular weight is 551 g/mol. The van der Waals surface area contributed by atoms with Gasteiger partial charge >= 0.3 is 0 Å². The van der Waals surface area contributed by atoms with Crippen LogP contribution < -0.4 is 18.9 Å². The van der Waals surface area contributed by atoms with Crippen molar-refractivity contribution in [2.75, 3.05) is 67.3 Å². The minimum Gasteiger partial charge on any atom is -0.493 e. The van der Waals surface area contributed by atoms with E-state index in [-0.39, 0.29) is 24.5 Å². The van der Waals surface area contributed by atoms with Crippen molar-refractivity contribution in [1.29, 1.82) is 0 Å². The average Bonchev–Trinajstić information content (AvgIpc) is 2.91. The number of hydrogen-bond acceptors (Lipinski definition) is 8. The summed E-state index contributed by atoms with van der Waals surface area (Å²) < 4.78 is 28.0. The molecule has 38 heavy (non-hydrogen) atoms. The highest BCUT2D eigenvalue weighted by Gasteiger charge is 2.28. The van der Waals surface area contributed by atoms with Crippen LogP contribution in [0.1, 0.15) is 24.2 Å². The lowest BCUT2D eigenvalue weighted by Crippen LogP contribution is -2.51. The van der Waals surface area contributed by atoms with E-state index >= 15 is 0 Å². The third-order valence-electron chi connectivity index (χ3n) is 6.16. The van der Waals surface area contributed by atoms with Gasteiger partial charge in [-0.1, -0.05) is 25.4 Å². The Kier molecular flexibility index (Phi) is 11.3. The Hall–Kier alpha value is -2.72. The van der Waals surface area contributed by atoms with E-state index in [1.165, 1.54) is 21.3 Å². The summed E-state index contributed by atoms with van der Waals surface area (Å²) in [5.74, 6) is 2.06. The second-order valence-electron chi connectivity index (χ2n) is 9.69. The molecule has 1 aliphatic heterocycles. The van der Waals surface area contributed by atoms with Gasteiger partial charge in [0.2, 0.25) is 5.75 Å². The number of hydrogen-bond donors (Lipinski definition) is 1. The Labute approximate surface area is 230 Å². The molecule has 1 N–H and O–H groups in total. The van der Waals surface area contributed by atoms with Crippen LogP contribution in [0.25, 0.3) is 0 Å². The van der Waals surface area contributed by atoms with Gasteiger partial charge in [0, 0.05) is 43.3 Å². The number of morpholine rings is 1. The van der Waals surface area contributed by atoms with Gasteiger partial charge in [-0.25, -0.2) is 0 Å². The Morgan fingerprint density at radius 1 is 1.13 bits per heavy atom. The smallest absolute Gasteiger partial charge is 0.254 e. The van der Waals surface area contributed by atoms with Crippen LogP contribution in [0.5, 0.6) is 23.0 Å². The number of carbonyl (C=O) groups is 1. The van der Waals surface area contributed by atoms with E-state index in [2.05, 4.69) is 18.7 Å². The lowest BCUT2D eigenvalue weighted by molar-refractivity contribution is -0.0542. The largest absolute Gasteiger partial charge is 0.493 e. The number of nitrogens with zero attached hydrogens (tertiary/aromatic N) is 2. The lowest BCUT2D eigenvalue weighted by Gasteiger charge is -2.37. The van der Waals surface area contributed by atoms with Crippen molar-refractivity contribution in [3.05, 3.63) is 47.0 Å². The molecule has 2 aromatic rings. The number of ether oxygens (including phenoxy) is 5. The van der Waals surface area contributed by atoms with Crippen LogP contribution in [0.15, 0.2) is 36.4 Å². The predicted molar refractivity (Wildman–Crippen MR) is 146 cm³/mol. The van der Waals surface area contributed by atoms with Crippen LogP contribution in [0.2, 0.25) is 5.02 Å². The van der Waals surface area contributed by atoms with E-state index in [9.17, 15) is 9.90 Å². The van der Waals surface area contributed by atoms with Crippen LogP contribution in [0, 0.1) is 5.92 Å². The molecule has 2 aromatic carbocycles. The topological polar surface area (TPSA) is 89.9 Å². The molecule has 1 amide bonds. The molecule has 10 heteroatoms. The molecule has 1 saturated heterocycles. The van der Waals surface area contributed by atoms with Crippen LogP contribution in [-0.2, 0) is 4.74 Å². The molecule has 1 aliphatic rings. The number of methoxy groups -OCH3 is 3. The molecular formula is C28H39ClN2O7. The van der Waals surface area contributed by atoms with Crippen LogP contribution in [-0.4, -0.2) is 100 Å². The third-order valence-corrected chi connectivity index (χ3v) is 6.41. The maximum Gasteiger partial charge on any atom is 0.254 e. The maximum absolute atomic E-state index is 13.6. The summed E-state index contributed by atoms with van der Waals surface area (Å²) in [6.07, 6.45) is -0.866. The van der Waals surface area contributed by atoms with Gasteiger partial charge in [0.15, 0.2) is 11.5 Å². The molecule has 210 valence electrons. The molecular weight excluding hydrogens is 512 g/mol.